The molecule has 26 heavy (non-hydrogen) atoms. The molecule has 1 N–H and O–H groups in total. The van der Waals surface area contributed by atoms with E-state index in [4.69, 9.17) is 0 Å². The number of nitrogens with zero attached hydrogens (tertiary/aromatic N) is 1. The zero-order valence-corrected chi connectivity index (χ0v) is 16.5. The van der Waals surface area contributed by atoms with Gasteiger partial charge in [-0.3, -0.25) is 9.52 Å². The number of amides is 1. The van der Waals surface area contributed by atoms with Crippen LogP contribution in [0, 0.1) is 0 Å². The highest BCUT2D eigenvalue weighted by molar-refractivity contribution is 7.92. The van der Waals surface area contributed by atoms with Crippen molar-refractivity contribution in [1.29, 1.82) is 0 Å². The lowest BCUT2D eigenvalue weighted by Gasteiger charge is -2.19. The maximum Gasteiger partial charge on any atom is 0.261 e. The Bertz CT molecular complexity index is 872. The van der Waals surface area contributed by atoms with Crippen LogP contribution in [0.4, 0.5) is 5.69 Å². The Morgan fingerprint density at radius 3 is 2.31 bits per heavy atom. The van der Waals surface area contributed by atoms with E-state index in [0.717, 1.165) is 5.56 Å². The zero-order valence-electron chi connectivity index (χ0n) is 15.7. The highest BCUT2D eigenvalue weighted by Gasteiger charge is 2.20. The Balaban J connectivity index is 2.36. The van der Waals surface area contributed by atoms with Gasteiger partial charge in [0.1, 0.15) is 0 Å². The molecule has 1 amide bonds. The Morgan fingerprint density at radius 1 is 1.04 bits per heavy atom. The highest BCUT2D eigenvalue weighted by Crippen LogP contribution is 2.26. The lowest BCUT2D eigenvalue weighted by atomic mass is 10.0. The fraction of sp³-hybridized carbons (Fsp3) is 0.350. The number of carbonyl (C=O) groups is 1. The van der Waals surface area contributed by atoms with Gasteiger partial charge in [0.2, 0.25) is 0 Å². The number of sulfonamides is 1. The molecule has 0 atom stereocenters. The van der Waals surface area contributed by atoms with E-state index in [0.29, 0.717) is 24.3 Å². The van der Waals surface area contributed by atoms with Crippen LogP contribution >= 0.6 is 0 Å². The summed E-state index contributed by atoms with van der Waals surface area (Å²) in [6, 6.07) is 13.5. The van der Waals surface area contributed by atoms with Crippen molar-refractivity contribution in [3.63, 3.8) is 0 Å². The molecule has 0 heterocycles. The van der Waals surface area contributed by atoms with Crippen LogP contribution in [0.3, 0.4) is 0 Å². The quantitative estimate of drug-likeness (QED) is 0.794. The van der Waals surface area contributed by atoms with Crippen LogP contribution < -0.4 is 4.72 Å². The first-order chi connectivity index (χ1) is 12.3. The van der Waals surface area contributed by atoms with Crippen LogP contribution in [-0.4, -0.2) is 32.3 Å². The molecule has 0 aliphatic rings. The van der Waals surface area contributed by atoms with Gasteiger partial charge in [-0.05, 0) is 49.6 Å². The van der Waals surface area contributed by atoms with Gasteiger partial charge in [0.15, 0.2) is 0 Å². The SMILES string of the molecule is CCN(CC)C(=O)c1cccc(S(=O)(=O)Nc2ccccc2C(C)C)c1. The summed E-state index contributed by atoms with van der Waals surface area (Å²) in [5.74, 6) is 0.0131. The molecule has 6 heteroatoms. The molecule has 5 nitrogen and oxygen atoms in total. The molecule has 0 radical (unpaired) electrons. The molecule has 0 unspecified atom stereocenters. The summed E-state index contributed by atoms with van der Waals surface area (Å²) in [5, 5.41) is 0. The zero-order chi connectivity index (χ0) is 19.3. The van der Waals surface area contributed by atoms with E-state index < -0.39 is 10.0 Å². The molecule has 2 aromatic rings. The van der Waals surface area contributed by atoms with Gasteiger partial charge in [-0.15, -0.1) is 0 Å². The first-order valence-electron chi connectivity index (χ1n) is 8.81. The Morgan fingerprint density at radius 2 is 1.69 bits per heavy atom. The molecule has 0 aliphatic heterocycles. The van der Waals surface area contributed by atoms with Crippen molar-refractivity contribution >= 4 is 21.6 Å². The van der Waals surface area contributed by atoms with Crippen molar-refractivity contribution in [2.24, 2.45) is 0 Å². The average Bonchev–Trinajstić information content (AvgIpc) is 2.62. The second kappa shape index (κ2) is 8.36. The maximum absolute atomic E-state index is 12.8. The monoisotopic (exact) mass is 374 g/mol. The number of benzene rings is 2. The van der Waals surface area contributed by atoms with E-state index in [1.54, 1.807) is 29.2 Å². The summed E-state index contributed by atoms with van der Waals surface area (Å²) in [7, 11) is -3.79. The highest BCUT2D eigenvalue weighted by atomic mass is 32.2. The van der Waals surface area contributed by atoms with E-state index >= 15 is 0 Å². The van der Waals surface area contributed by atoms with Gasteiger partial charge < -0.3 is 4.90 Å². The summed E-state index contributed by atoms with van der Waals surface area (Å²) >= 11 is 0. The number of hydrogen-bond donors (Lipinski definition) is 1. The predicted octanol–water partition coefficient (Wildman–Crippen LogP) is 4.09. The number of rotatable bonds is 7. The summed E-state index contributed by atoms with van der Waals surface area (Å²) in [5.41, 5.74) is 1.85. The van der Waals surface area contributed by atoms with Gasteiger partial charge in [-0.1, -0.05) is 38.1 Å². The third kappa shape index (κ3) is 4.43. The van der Waals surface area contributed by atoms with Crippen LogP contribution in [0.1, 0.15) is 49.5 Å². The van der Waals surface area contributed by atoms with Crippen LogP contribution in [0.2, 0.25) is 0 Å². The van der Waals surface area contributed by atoms with Crippen LogP contribution in [0.5, 0.6) is 0 Å². The average molecular weight is 375 g/mol. The van der Waals surface area contributed by atoms with Crippen LogP contribution in [-0.2, 0) is 10.0 Å². The molecule has 0 aromatic heterocycles. The minimum atomic E-state index is -3.79. The van der Waals surface area contributed by atoms with Crippen molar-refractivity contribution in [2.45, 2.75) is 38.5 Å². The lowest BCUT2D eigenvalue weighted by molar-refractivity contribution is 0.0772. The number of carbonyl (C=O) groups excluding carboxylic acids is 1. The molecule has 0 fully saturated rings. The Kier molecular flexibility index (Phi) is 6.42. The third-order valence-electron chi connectivity index (χ3n) is 4.27. The number of para-hydroxylation sites is 1. The number of nitrogens with one attached hydrogen (secondary N) is 1. The van der Waals surface area contributed by atoms with Gasteiger partial charge in [0.05, 0.1) is 10.6 Å². The normalized spacial score (nSPS) is 11.4. The standard InChI is InChI=1S/C20H26N2O3S/c1-5-22(6-2)20(23)16-10-9-11-17(14-16)26(24,25)21-19-13-8-7-12-18(19)15(3)4/h7-15,21H,5-6H2,1-4H3. The Labute approximate surface area is 156 Å². The molecule has 0 saturated heterocycles. The van der Waals surface area contributed by atoms with E-state index in [9.17, 15) is 13.2 Å². The summed E-state index contributed by atoms with van der Waals surface area (Å²) < 4.78 is 28.3. The number of anilines is 1. The largest absolute Gasteiger partial charge is 0.339 e. The summed E-state index contributed by atoms with van der Waals surface area (Å²) in [6.07, 6.45) is 0. The molecule has 2 rings (SSSR count). The molecular weight excluding hydrogens is 348 g/mol. The molecule has 0 spiro atoms. The first kappa shape index (κ1) is 20.0. The topological polar surface area (TPSA) is 66.5 Å². The van der Waals surface area contributed by atoms with Gasteiger partial charge in [-0.25, -0.2) is 8.42 Å². The second-order valence-corrected chi connectivity index (χ2v) is 8.04. The molecular formula is C20H26N2O3S. The van der Waals surface area contributed by atoms with Crippen molar-refractivity contribution < 1.29 is 13.2 Å². The second-order valence-electron chi connectivity index (χ2n) is 6.35. The van der Waals surface area contributed by atoms with Gasteiger partial charge >= 0.3 is 0 Å². The van der Waals surface area contributed by atoms with Crippen molar-refractivity contribution in [3.05, 3.63) is 59.7 Å². The molecule has 0 bridgehead atoms. The summed E-state index contributed by atoms with van der Waals surface area (Å²) in [6.45, 7) is 8.96. The summed E-state index contributed by atoms with van der Waals surface area (Å²) in [4.78, 5) is 14.2. The Hall–Kier alpha value is -2.34. The lowest BCUT2D eigenvalue weighted by Crippen LogP contribution is -2.30. The predicted molar refractivity (Wildman–Crippen MR) is 105 cm³/mol. The molecule has 0 saturated carbocycles. The van der Waals surface area contributed by atoms with Gasteiger partial charge in [0, 0.05) is 18.7 Å². The number of hydrogen-bond acceptors (Lipinski definition) is 3. The van der Waals surface area contributed by atoms with Crippen LogP contribution in [0.15, 0.2) is 53.4 Å². The molecule has 0 aliphatic carbocycles. The van der Waals surface area contributed by atoms with Gasteiger partial charge in [0.25, 0.3) is 15.9 Å². The molecule has 2 aromatic carbocycles. The van der Waals surface area contributed by atoms with E-state index in [-0.39, 0.29) is 16.7 Å². The minimum absolute atomic E-state index is 0.0778. The van der Waals surface area contributed by atoms with E-state index in [1.165, 1.54) is 12.1 Å². The smallest absolute Gasteiger partial charge is 0.261 e. The van der Waals surface area contributed by atoms with Gasteiger partial charge in [-0.2, -0.15) is 0 Å². The van der Waals surface area contributed by atoms with E-state index in [1.807, 2.05) is 39.8 Å². The molecule has 140 valence electrons. The minimum Gasteiger partial charge on any atom is -0.339 e. The fourth-order valence-electron chi connectivity index (χ4n) is 2.79. The van der Waals surface area contributed by atoms with Crippen LogP contribution in [0.25, 0.3) is 0 Å². The fourth-order valence-corrected chi connectivity index (χ4v) is 3.92. The maximum atomic E-state index is 12.8. The van der Waals surface area contributed by atoms with Crippen molar-refractivity contribution in [3.8, 4) is 0 Å². The van der Waals surface area contributed by atoms with Crippen molar-refractivity contribution in [2.75, 3.05) is 17.8 Å². The first-order valence-corrected chi connectivity index (χ1v) is 10.3. The third-order valence-corrected chi connectivity index (χ3v) is 5.63. The van der Waals surface area contributed by atoms with Crippen molar-refractivity contribution in [1.82, 2.24) is 4.90 Å². The van der Waals surface area contributed by atoms with E-state index in [2.05, 4.69) is 4.72 Å².